The van der Waals surface area contributed by atoms with Crippen LogP contribution < -0.4 is 4.90 Å². The molecule has 0 atom stereocenters. The fraction of sp³-hybridized carbons (Fsp3) is 0.500. The average Bonchev–Trinajstić information content (AvgIpc) is 2.45. The summed E-state index contributed by atoms with van der Waals surface area (Å²) in [6, 6.07) is 6.22. The number of carbonyl (C=O) groups excluding carboxylic acids is 1. The number of ether oxygens (including phenoxy) is 1. The Kier molecular flexibility index (Phi) is 4.55. The molecule has 1 heterocycles. The first-order chi connectivity index (χ1) is 10.3. The van der Waals surface area contributed by atoms with Crippen molar-refractivity contribution in [2.45, 2.75) is 26.4 Å². The number of hydrogen-bond acceptors (Lipinski definition) is 4. The molecule has 118 valence electrons. The van der Waals surface area contributed by atoms with Crippen LogP contribution in [-0.4, -0.2) is 42.8 Å². The van der Waals surface area contributed by atoms with Gasteiger partial charge in [0, 0.05) is 31.9 Å². The number of anilines is 1. The molecule has 0 radical (unpaired) electrons. The molecule has 5 nitrogen and oxygen atoms in total. The molecule has 6 heteroatoms. The normalized spacial score (nSPS) is 15.4. The number of amides is 1. The quantitative estimate of drug-likeness (QED) is 0.800. The minimum Gasteiger partial charge on any atom is -0.444 e. The number of hydrogen-bond donors (Lipinski definition) is 0. The fourth-order valence-electron chi connectivity index (χ4n) is 2.29. The van der Waals surface area contributed by atoms with Gasteiger partial charge in [-0.25, -0.2) is 9.18 Å². The Morgan fingerprint density at radius 3 is 2.41 bits per heavy atom. The Balaban J connectivity index is 1.99. The topological polar surface area (TPSA) is 56.6 Å². The summed E-state index contributed by atoms with van der Waals surface area (Å²) in [5, 5.41) is 8.90. The number of piperazine rings is 1. The van der Waals surface area contributed by atoms with Gasteiger partial charge >= 0.3 is 6.09 Å². The maximum absolute atomic E-state index is 13.5. The van der Waals surface area contributed by atoms with Crippen LogP contribution in [0.25, 0.3) is 0 Å². The van der Waals surface area contributed by atoms with Crippen molar-refractivity contribution >= 4 is 11.8 Å². The second kappa shape index (κ2) is 6.22. The predicted molar refractivity (Wildman–Crippen MR) is 81.1 cm³/mol. The second-order valence-electron chi connectivity index (χ2n) is 6.26. The van der Waals surface area contributed by atoms with Gasteiger partial charge in [0.1, 0.15) is 11.4 Å². The van der Waals surface area contributed by atoms with Crippen molar-refractivity contribution < 1.29 is 13.9 Å². The third-order valence-electron chi connectivity index (χ3n) is 3.31. The van der Waals surface area contributed by atoms with Crippen LogP contribution in [0.5, 0.6) is 0 Å². The highest BCUT2D eigenvalue weighted by atomic mass is 19.1. The van der Waals surface area contributed by atoms with Gasteiger partial charge in [0.05, 0.1) is 11.6 Å². The Labute approximate surface area is 129 Å². The maximum Gasteiger partial charge on any atom is 0.410 e. The van der Waals surface area contributed by atoms with E-state index < -0.39 is 11.4 Å². The summed E-state index contributed by atoms with van der Waals surface area (Å²) in [4.78, 5) is 15.6. The van der Waals surface area contributed by atoms with E-state index in [0.717, 1.165) is 0 Å². The zero-order valence-corrected chi connectivity index (χ0v) is 13.1. The van der Waals surface area contributed by atoms with Crippen LogP contribution in [0, 0.1) is 17.1 Å². The Bertz CT molecular complexity index is 596. The van der Waals surface area contributed by atoms with Crippen molar-refractivity contribution in [3.05, 3.63) is 29.6 Å². The van der Waals surface area contributed by atoms with E-state index in [1.165, 1.54) is 12.1 Å². The highest BCUT2D eigenvalue weighted by Crippen LogP contribution is 2.20. The van der Waals surface area contributed by atoms with Gasteiger partial charge < -0.3 is 14.5 Å². The molecule has 1 aromatic carbocycles. The highest BCUT2D eigenvalue weighted by molar-refractivity contribution is 5.68. The van der Waals surface area contributed by atoms with Crippen LogP contribution >= 0.6 is 0 Å². The van der Waals surface area contributed by atoms with Crippen LogP contribution in [0.2, 0.25) is 0 Å². The van der Waals surface area contributed by atoms with Gasteiger partial charge in [0.25, 0.3) is 0 Å². The van der Waals surface area contributed by atoms with E-state index >= 15 is 0 Å². The van der Waals surface area contributed by atoms with Gasteiger partial charge in [0.15, 0.2) is 0 Å². The first-order valence-electron chi connectivity index (χ1n) is 7.22. The Morgan fingerprint density at radius 1 is 1.23 bits per heavy atom. The average molecular weight is 305 g/mol. The largest absolute Gasteiger partial charge is 0.444 e. The minimum atomic E-state index is -0.515. The summed E-state index contributed by atoms with van der Waals surface area (Å²) < 4.78 is 18.8. The summed E-state index contributed by atoms with van der Waals surface area (Å²) in [6.45, 7) is 7.66. The lowest BCUT2D eigenvalue weighted by atomic mass is 10.1. The van der Waals surface area contributed by atoms with E-state index in [1.54, 1.807) is 11.0 Å². The van der Waals surface area contributed by atoms with Crippen molar-refractivity contribution in [2.24, 2.45) is 0 Å². The predicted octanol–water partition coefficient (Wildman–Crippen LogP) is 2.75. The van der Waals surface area contributed by atoms with E-state index in [9.17, 15) is 9.18 Å². The number of benzene rings is 1. The number of nitriles is 1. The summed E-state index contributed by atoms with van der Waals surface area (Å²) in [5.41, 5.74) is 0.448. The lowest BCUT2D eigenvalue weighted by Gasteiger charge is -2.36. The van der Waals surface area contributed by atoms with Crippen molar-refractivity contribution in [1.82, 2.24) is 4.90 Å². The van der Waals surface area contributed by atoms with Gasteiger partial charge in [-0.1, -0.05) is 0 Å². The van der Waals surface area contributed by atoms with Crippen LogP contribution in [-0.2, 0) is 4.74 Å². The lowest BCUT2D eigenvalue weighted by Crippen LogP contribution is -2.50. The third kappa shape index (κ3) is 4.10. The van der Waals surface area contributed by atoms with Crippen LogP contribution in [0.15, 0.2) is 18.2 Å². The molecule has 0 unspecified atom stereocenters. The molecule has 0 saturated carbocycles. The van der Waals surface area contributed by atoms with E-state index in [2.05, 4.69) is 0 Å². The van der Waals surface area contributed by atoms with Gasteiger partial charge in [-0.05, 0) is 39.0 Å². The molecule has 1 amide bonds. The standard InChI is InChI=1S/C16H20FN3O2/c1-16(2,3)22-15(21)20-6-4-19(5-7-20)14-9-12(11-18)8-13(17)10-14/h8-10H,4-7H2,1-3H3. The highest BCUT2D eigenvalue weighted by Gasteiger charge is 2.26. The fourth-order valence-corrected chi connectivity index (χ4v) is 2.29. The molecule has 0 N–H and O–H groups in total. The zero-order chi connectivity index (χ0) is 16.3. The van der Waals surface area contributed by atoms with Crippen LogP contribution in [0.3, 0.4) is 0 Å². The van der Waals surface area contributed by atoms with E-state index in [0.29, 0.717) is 37.4 Å². The van der Waals surface area contributed by atoms with E-state index in [-0.39, 0.29) is 6.09 Å². The monoisotopic (exact) mass is 305 g/mol. The summed E-state index contributed by atoms with van der Waals surface area (Å²) in [7, 11) is 0. The molecule has 1 aliphatic heterocycles. The van der Waals surface area contributed by atoms with E-state index in [4.69, 9.17) is 10.00 Å². The number of halogens is 1. The molecule has 0 aliphatic carbocycles. The molecular formula is C16H20FN3O2. The molecular weight excluding hydrogens is 285 g/mol. The zero-order valence-electron chi connectivity index (χ0n) is 13.1. The lowest BCUT2D eigenvalue weighted by molar-refractivity contribution is 0.0240. The van der Waals surface area contributed by atoms with Crippen molar-refractivity contribution in [3.8, 4) is 6.07 Å². The maximum atomic E-state index is 13.5. The Hall–Kier alpha value is -2.29. The van der Waals surface area contributed by atoms with Gasteiger partial charge in [-0.3, -0.25) is 0 Å². The number of carbonyl (C=O) groups is 1. The molecule has 0 bridgehead atoms. The first-order valence-corrected chi connectivity index (χ1v) is 7.22. The first kappa shape index (κ1) is 16.1. The molecule has 2 rings (SSSR count). The van der Waals surface area contributed by atoms with Gasteiger partial charge in [-0.2, -0.15) is 5.26 Å². The van der Waals surface area contributed by atoms with Crippen LogP contribution in [0.4, 0.5) is 14.9 Å². The minimum absolute atomic E-state index is 0.296. The SMILES string of the molecule is CC(C)(C)OC(=O)N1CCN(c2cc(F)cc(C#N)c2)CC1. The molecule has 1 aromatic rings. The Morgan fingerprint density at radius 2 is 1.86 bits per heavy atom. The molecule has 1 saturated heterocycles. The number of rotatable bonds is 1. The van der Waals surface area contributed by atoms with Gasteiger partial charge in [-0.15, -0.1) is 0 Å². The third-order valence-corrected chi connectivity index (χ3v) is 3.31. The number of nitrogens with zero attached hydrogens (tertiary/aromatic N) is 3. The summed E-state index contributed by atoms with van der Waals surface area (Å²) >= 11 is 0. The van der Waals surface area contributed by atoms with E-state index in [1.807, 2.05) is 31.7 Å². The molecule has 0 aromatic heterocycles. The summed E-state index contributed by atoms with van der Waals surface area (Å²) in [6.07, 6.45) is -0.330. The molecule has 22 heavy (non-hydrogen) atoms. The van der Waals surface area contributed by atoms with Crippen molar-refractivity contribution in [3.63, 3.8) is 0 Å². The van der Waals surface area contributed by atoms with Gasteiger partial charge in [0.2, 0.25) is 0 Å². The molecule has 0 spiro atoms. The molecule has 1 aliphatic rings. The summed E-state index contributed by atoms with van der Waals surface area (Å²) in [5.74, 6) is -0.427. The van der Waals surface area contributed by atoms with Crippen molar-refractivity contribution in [1.29, 1.82) is 5.26 Å². The molecule has 1 fully saturated rings. The van der Waals surface area contributed by atoms with Crippen LogP contribution in [0.1, 0.15) is 26.3 Å². The van der Waals surface area contributed by atoms with Crippen molar-refractivity contribution in [2.75, 3.05) is 31.1 Å². The smallest absolute Gasteiger partial charge is 0.410 e. The second-order valence-corrected chi connectivity index (χ2v) is 6.26.